The second-order valence-corrected chi connectivity index (χ2v) is 8.01. The molecule has 0 saturated carbocycles. The van der Waals surface area contributed by atoms with Gasteiger partial charge >= 0.3 is 0 Å². The number of rotatable bonds is 3. The summed E-state index contributed by atoms with van der Waals surface area (Å²) in [5.41, 5.74) is -1.04. The third-order valence-corrected chi connectivity index (χ3v) is 4.46. The first-order valence-electron chi connectivity index (χ1n) is 6.78. The summed E-state index contributed by atoms with van der Waals surface area (Å²) in [4.78, 5) is 11.2. The molecule has 2 rings (SSSR count). The number of benzene rings is 1. The van der Waals surface area contributed by atoms with Gasteiger partial charge in [0.2, 0.25) is 0 Å². The predicted molar refractivity (Wildman–Crippen MR) is 85.1 cm³/mol. The molecule has 1 aliphatic carbocycles. The largest absolute Gasteiger partial charge is 0.510 e. The van der Waals surface area contributed by atoms with Gasteiger partial charge in [-0.1, -0.05) is 25.4 Å². The van der Waals surface area contributed by atoms with Gasteiger partial charge in [-0.05, 0) is 17.5 Å². The van der Waals surface area contributed by atoms with Crippen LogP contribution in [-0.4, -0.2) is 29.0 Å². The number of hydrogen-bond donors (Lipinski definition) is 3. The molecule has 1 aromatic carbocycles. The van der Waals surface area contributed by atoms with Gasteiger partial charge in [0.15, 0.2) is 17.2 Å². The average Bonchev–Trinajstić information content (AvgIpc) is 2.38. The molecule has 0 unspecified atom stereocenters. The molecule has 0 atom stereocenters. The second-order valence-electron chi connectivity index (χ2n) is 6.18. The molecule has 0 bridgehead atoms. The molecule has 1 aromatic rings. The molecular formula is C14H15ClN2O6S. The summed E-state index contributed by atoms with van der Waals surface area (Å²) < 4.78 is 31.5. The van der Waals surface area contributed by atoms with Gasteiger partial charge < -0.3 is 10.2 Å². The van der Waals surface area contributed by atoms with Gasteiger partial charge in [0.05, 0.1) is 0 Å². The van der Waals surface area contributed by atoms with Crippen molar-refractivity contribution in [3.8, 4) is 5.75 Å². The third-order valence-electron chi connectivity index (χ3n) is 3.38. The van der Waals surface area contributed by atoms with Crippen molar-refractivity contribution < 1.29 is 28.0 Å². The Morgan fingerprint density at radius 3 is 2.33 bits per heavy atom. The minimum absolute atomic E-state index is 0.122. The van der Waals surface area contributed by atoms with Gasteiger partial charge in [-0.3, -0.25) is 9.35 Å². The number of aliphatic hydroxyl groups excluding tert-OH is 1. The van der Waals surface area contributed by atoms with Crippen molar-refractivity contribution >= 4 is 33.2 Å². The lowest BCUT2D eigenvalue weighted by Crippen LogP contribution is -2.25. The summed E-state index contributed by atoms with van der Waals surface area (Å²) in [5.74, 6) is -1.53. The summed E-state index contributed by atoms with van der Waals surface area (Å²) in [6.07, 6.45) is 0.383. The maximum atomic E-state index is 12.0. The van der Waals surface area contributed by atoms with E-state index in [9.17, 15) is 23.4 Å². The van der Waals surface area contributed by atoms with Crippen molar-refractivity contribution in [3.63, 3.8) is 0 Å². The fraction of sp³-hybridized carbons (Fsp3) is 0.357. The molecule has 130 valence electrons. The SMILES string of the molecule is CC1(C)CC(=O)C(N=Nc2cc(Cl)cc(S(=O)(=O)O)c2O)=C(O)C1. The number of halogens is 1. The van der Waals surface area contributed by atoms with Gasteiger partial charge in [-0.15, -0.1) is 10.2 Å². The number of phenols is 1. The van der Waals surface area contributed by atoms with Crippen molar-refractivity contribution in [3.05, 3.63) is 28.6 Å². The minimum atomic E-state index is -4.72. The third kappa shape index (κ3) is 3.92. The Kier molecular flexibility index (Phi) is 4.71. The highest BCUT2D eigenvalue weighted by Crippen LogP contribution is 2.39. The van der Waals surface area contributed by atoms with Crippen molar-refractivity contribution in [2.75, 3.05) is 0 Å². The van der Waals surface area contributed by atoms with Crippen molar-refractivity contribution in [1.29, 1.82) is 0 Å². The molecule has 24 heavy (non-hydrogen) atoms. The highest BCUT2D eigenvalue weighted by molar-refractivity contribution is 7.86. The number of carbonyl (C=O) groups is 1. The van der Waals surface area contributed by atoms with Crippen molar-refractivity contribution in [1.82, 2.24) is 0 Å². The van der Waals surface area contributed by atoms with E-state index in [0.29, 0.717) is 0 Å². The van der Waals surface area contributed by atoms with Crippen LogP contribution in [0.25, 0.3) is 0 Å². The highest BCUT2D eigenvalue weighted by Gasteiger charge is 2.33. The first-order valence-corrected chi connectivity index (χ1v) is 8.59. The average molecular weight is 375 g/mol. The molecular weight excluding hydrogens is 360 g/mol. The Morgan fingerprint density at radius 2 is 1.79 bits per heavy atom. The minimum Gasteiger partial charge on any atom is -0.510 e. The second kappa shape index (κ2) is 6.15. The number of phenolic OH excluding ortho intramolecular Hbond substituents is 1. The van der Waals surface area contributed by atoms with Gasteiger partial charge in [-0.25, -0.2) is 0 Å². The number of carbonyl (C=O) groups excluding carboxylic acids is 1. The zero-order valence-electron chi connectivity index (χ0n) is 12.8. The lowest BCUT2D eigenvalue weighted by Gasteiger charge is -2.27. The van der Waals surface area contributed by atoms with Crippen LogP contribution in [0.1, 0.15) is 26.7 Å². The van der Waals surface area contributed by atoms with E-state index in [1.807, 2.05) is 13.8 Å². The summed E-state index contributed by atoms with van der Waals surface area (Å²) in [6, 6.07) is 1.94. The predicted octanol–water partition coefficient (Wildman–Crippen LogP) is 3.53. The van der Waals surface area contributed by atoms with Crippen LogP contribution in [0.3, 0.4) is 0 Å². The fourth-order valence-corrected chi connectivity index (χ4v) is 3.23. The standard InChI is InChI=1S/C14H15ClN2O6S/c1-14(2)5-9(18)12(10(19)6-14)17-16-8-3-7(15)4-11(13(8)20)24(21,22)23/h3-4,18,20H,5-6H2,1-2H3,(H,21,22,23). The molecule has 0 heterocycles. The molecule has 0 spiro atoms. The molecule has 1 aliphatic rings. The van der Waals surface area contributed by atoms with Gasteiger partial charge in [0, 0.05) is 17.9 Å². The fourth-order valence-electron chi connectivity index (χ4n) is 2.33. The van der Waals surface area contributed by atoms with E-state index >= 15 is 0 Å². The van der Waals surface area contributed by atoms with Gasteiger partial charge in [-0.2, -0.15) is 8.42 Å². The van der Waals surface area contributed by atoms with E-state index in [-0.39, 0.29) is 35.0 Å². The summed E-state index contributed by atoms with van der Waals surface area (Å²) in [6.45, 7) is 3.63. The molecule has 0 amide bonds. The van der Waals surface area contributed by atoms with Crippen LogP contribution in [0.5, 0.6) is 5.75 Å². The Balaban J connectivity index is 2.47. The zero-order valence-corrected chi connectivity index (χ0v) is 14.4. The molecule has 3 N–H and O–H groups in total. The first-order chi connectivity index (χ1) is 10.9. The van der Waals surface area contributed by atoms with Gasteiger partial charge in [0.25, 0.3) is 10.1 Å². The van der Waals surface area contributed by atoms with E-state index in [4.69, 9.17) is 16.2 Å². The summed E-state index contributed by atoms with van der Waals surface area (Å²) in [7, 11) is -4.72. The van der Waals surface area contributed by atoms with Crippen molar-refractivity contribution in [2.24, 2.45) is 15.6 Å². The number of Topliss-reactive ketones (excluding diaryl/α,β-unsaturated/α-hetero) is 1. The number of hydrogen-bond acceptors (Lipinski definition) is 7. The Bertz CT molecular complexity index is 873. The number of azo groups is 1. The van der Waals surface area contributed by atoms with E-state index in [1.165, 1.54) is 0 Å². The lowest BCUT2D eigenvalue weighted by atomic mass is 9.78. The van der Waals surface area contributed by atoms with E-state index in [0.717, 1.165) is 12.1 Å². The van der Waals surface area contributed by atoms with Crippen molar-refractivity contribution in [2.45, 2.75) is 31.6 Å². The Morgan fingerprint density at radius 1 is 1.17 bits per heavy atom. The van der Waals surface area contributed by atoms with Crippen LogP contribution in [0.2, 0.25) is 5.02 Å². The van der Waals surface area contributed by atoms with Crippen LogP contribution < -0.4 is 0 Å². The van der Waals surface area contributed by atoms with E-state index in [1.54, 1.807) is 0 Å². The molecule has 0 radical (unpaired) electrons. The monoisotopic (exact) mass is 374 g/mol. The lowest BCUT2D eigenvalue weighted by molar-refractivity contribution is -0.118. The van der Waals surface area contributed by atoms with E-state index in [2.05, 4.69) is 10.2 Å². The van der Waals surface area contributed by atoms with E-state index < -0.39 is 32.0 Å². The maximum Gasteiger partial charge on any atom is 0.298 e. The van der Waals surface area contributed by atoms with Crippen LogP contribution in [-0.2, 0) is 14.9 Å². The molecule has 0 aliphatic heterocycles. The number of aliphatic hydroxyl groups is 1. The molecule has 10 heteroatoms. The molecule has 0 saturated heterocycles. The zero-order chi connectivity index (χ0) is 18.3. The number of nitrogens with zero attached hydrogens (tertiary/aromatic N) is 2. The first kappa shape index (κ1) is 18.4. The van der Waals surface area contributed by atoms with Gasteiger partial charge in [0.1, 0.15) is 16.3 Å². The van der Waals surface area contributed by atoms with Crippen LogP contribution in [0.4, 0.5) is 5.69 Å². The Labute approximate surface area is 143 Å². The Hall–Kier alpha value is -1.97. The molecule has 8 nitrogen and oxygen atoms in total. The quantitative estimate of drug-likeness (QED) is 0.546. The summed E-state index contributed by atoms with van der Waals surface area (Å²) in [5, 5.41) is 26.9. The van der Waals surface area contributed by atoms with Crippen LogP contribution in [0, 0.1) is 5.41 Å². The highest BCUT2D eigenvalue weighted by atomic mass is 35.5. The van der Waals surface area contributed by atoms with Crippen LogP contribution in [0.15, 0.2) is 38.7 Å². The smallest absolute Gasteiger partial charge is 0.298 e. The molecule has 0 fully saturated rings. The topological polar surface area (TPSA) is 137 Å². The normalized spacial score (nSPS) is 18.4. The maximum absolute atomic E-state index is 12.0. The number of aromatic hydroxyl groups is 1. The summed E-state index contributed by atoms with van der Waals surface area (Å²) >= 11 is 5.73. The number of ketones is 1. The number of allylic oxidation sites excluding steroid dienone is 2. The molecule has 0 aromatic heterocycles. The van der Waals surface area contributed by atoms with Crippen LogP contribution >= 0.6 is 11.6 Å².